The fourth-order valence-corrected chi connectivity index (χ4v) is 2.33. The van der Waals surface area contributed by atoms with E-state index in [0.717, 1.165) is 28.5 Å². The molecule has 0 radical (unpaired) electrons. The van der Waals surface area contributed by atoms with E-state index in [1.54, 1.807) is 0 Å². The van der Waals surface area contributed by atoms with Gasteiger partial charge >= 0.3 is 0 Å². The molecule has 1 atom stereocenters. The molecule has 0 saturated carbocycles. The second kappa shape index (κ2) is 6.56. The third kappa shape index (κ3) is 3.82. The number of hydrogen-bond acceptors (Lipinski definition) is 2. The van der Waals surface area contributed by atoms with Crippen LogP contribution in [-0.4, -0.2) is 29.9 Å². The number of likely N-dealkylation sites (tertiary alicyclic amines) is 1. The smallest absolute Gasteiger partial charge is 0.253 e. The minimum Gasteiger partial charge on any atom is -0.337 e. The molecule has 94 valence electrons. The Bertz CT molecular complexity index is 383. The summed E-state index contributed by atoms with van der Waals surface area (Å²) in [5.41, 5.74) is 6.63. The Morgan fingerprint density at radius 2 is 2.00 bits per heavy atom. The quantitative estimate of drug-likeness (QED) is 0.775. The van der Waals surface area contributed by atoms with Gasteiger partial charge in [-0.15, -0.1) is 12.4 Å². The maximum Gasteiger partial charge on any atom is 0.253 e. The van der Waals surface area contributed by atoms with Crippen molar-refractivity contribution >= 4 is 40.9 Å². The zero-order valence-corrected chi connectivity index (χ0v) is 12.4. The van der Waals surface area contributed by atoms with Crippen molar-refractivity contribution in [3.63, 3.8) is 0 Å². The van der Waals surface area contributed by atoms with Crippen LogP contribution in [0.15, 0.2) is 24.3 Å². The van der Waals surface area contributed by atoms with Crippen LogP contribution < -0.4 is 5.73 Å². The first-order valence-electron chi connectivity index (χ1n) is 5.47. The number of carbonyl (C=O) groups is 1. The van der Waals surface area contributed by atoms with Crippen molar-refractivity contribution < 1.29 is 4.79 Å². The van der Waals surface area contributed by atoms with Crippen LogP contribution in [0.2, 0.25) is 0 Å². The van der Waals surface area contributed by atoms with Gasteiger partial charge in [0.05, 0.1) is 0 Å². The molecular weight excluding hydrogens is 351 g/mol. The highest BCUT2D eigenvalue weighted by Crippen LogP contribution is 2.14. The van der Waals surface area contributed by atoms with Gasteiger partial charge in [0.2, 0.25) is 0 Å². The Morgan fingerprint density at radius 1 is 1.35 bits per heavy atom. The van der Waals surface area contributed by atoms with Gasteiger partial charge in [0, 0.05) is 28.3 Å². The summed E-state index contributed by atoms with van der Waals surface area (Å²) in [5.74, 6) is 0.103. The third-order valence-corrected chi connectivity index (χ3v) is 3.56. The van der Waals surface area contributed by atoms with Crippen molar-refractivity contribution in [3.8, 4) is 0 Å². The van der Waals surface area contributed by atoms with Crippen molar-refractivity contribution in [2.24, 2.45) is 5.73 Å². The van der Waals surface area contributed by atoms with E-state index in [4.69, 9.17) is 5.73 Å². The van der Waals surface area contributed by atoms with Crippen LogP contribution in [0.3, 0.4) is 0 Å². The number of benzene rings is 1. The summed E-state index contributed by atoms with van der Waals surface area (Å²) in [6.07, 6.45) is 2.04. The lowest BCUT2D eigenvalue weighted by molar-refractivity contribution is 0.0709. The first kappa shape index (κ1) is 14.7. The second-order valence-electron chi connectivity index (χ2n) is 4.16. The van der Waals surface area contributed by atoms with Gasteiger partial charge in [0.25, 0.3) is 5.91 Å². The molecule has 2 N–H and O–H groups in total. The Labute approximate surface area is 121 Å². The number of halogens is 2. The summed E-state index contributed by atoms with van der Waals surface area (Å²) in [4.78, 5) is 14.0. The number of hydrogen-bond donors (Lipinski definition) is 1. The van der Waals surface area contributed by atoms with E-state index in [2.05, 4.69) is 22.6 Å². The van der Waals surface area contributed by atoms with E-state index >= 15 is 0 Å². The summed E-state index contributed by atoms with van der Waals surface area (Å²) in [6, 6.07) is 7.81. The molecular formula is C12H16ClIN2O. The normalized spacial score (nSPS) is 19.6. The molecule has 0 aliphatic carbocycles. The lowest BCUT2D eigenvalue weighted by atomic mass is 10.1. The largest absolute Gasteiger partial charge is 0.337 e. The minimum atomic E-state index is 0. The molecule has 0 aromatic heterocycles. The molecule has 5 heteroatoms. The van der Waals surface area contributed by atoms with Crippen molar-refractivity contribution in [1.82, 2.24) is 4.90 Å². The van der Waals surface area contributed by atoms with Crippen LogP contribution >= 0.6 is 35.0 Å². The van der Waals surface area contributed by atoms with Crippen LogP contribution in [0.25, 0.3) is 0 Å². The predicted octanol–water partition coefficient (Wildman–Crippen LogP) is 2.28. The van der Waals surface area contributed by atoms with Gasteiger partial charge in [0.15, 0.2) is 0 Å². The highest BCUT2D eigenvalue weighted by molar-refractivity contribution is 14.1. The highest BCUT2D eigenvalue weighted by Gasteiger charge is 2.21. The van der Waals surface area contributed by atoms with Gasteiger partial charge in [-0.2, -0.15) is 0 Å². The van der Waals surface area contributed by atoms with E-state index < -0.39 is 0 Å². The SMILES string of the molecule is Cl.NC1CCCN(C(=O)c2ccc(I)cc2)C1. The average molecular weight is 367 g/mol. The van der Waals surface area contributed by atoms with Crippen molar-refractivity contribution in [2.75, 3.05) is 13.1 Å². The first-order chi connectivity index (χ1) is 7.66. The Kier molecular flexibility index (Phi) is 5.69. The van der Waals surface area contributed by atoms with E-state index in [9.17, 15) is 4.79 Å². The van der Waals surface area contributed by atoms with E-state index in [1.807, 2.05) is 29.2 Å². The molecule has 1 aromatic carbocycles. The molecule has 1 fully saturated rings. The maximum atomic E-state index is 12.1. The van der Waals surface area contributed by atoms with Crippen molar-refractivity contribution in [1.29, 1.82) is 0 Å². The number of nitrogens with two attached hydrogens (primary N) is 1. The Morgan fingerprint density at radius 3 is 2.59 bits per heavy atom. The molecule has 1 saturated heterocycles. The Hall–Kier alpha value is -0.330. The summed E-state index contributed by atoms with van der Waals surface area (Å²) < 4.78 is 1.14. The van der Waals surface area contributed by atoms with Gasteiger partial charge < -0.3 is 10.6 Å². The summed E-state index contributed by atoms with van der Waals surface area (Å²) in [7, 11) is 0. The number of amides is 1. The number of rotatable bonds is 1. The summed E-state index contributed by atoms with van der Waals surface area (Å²) >= 11 is 2.23. The molecule has 1 heterocycles. The van der Waals surface area contributed by atoms with Crippen LogP contribution in [-0.2, 0) is 0 Å². The molecule has 17 heavy (non-hydrogen) atoms. The number of carbonyl (C=O) groups excluding carboxylic acids is 1. The van der Waals surface area contributed by atoms with Crippen LogP contribution in [0, 0.1) is 3.57 Å². The highest BCUT2D eigenvalue weighted by atomic mass is 127. The molecule has 2 rings (SSSR count). The van der Waals surface area contributed by atoms with Gasteiger partial charge in [-0.1, -0.05) is 0 Å². The molecule has 1 aromatic rings. The molecule has 0 bridgehead atoms. The van der Waals surface area contributed by atoms with E-state index in [-0.39, 0.29) is 24.4 Å². The van der Waals surface area contributed by atoms with Gasteiger partial charge in [-0.3, -0.25) is 4.79 Å². The molecule has 1 aliphatic heterocycles. The lowest BCUT2D eigenvalue weighted by Gasteiger charge is -2.30. The fraction of sp³-hybridized carbons (Fsp3) is 0.417. The van der Waals surface area contributed by atoms with Crippen LogP contribution in [0.4, 0.5) is 0 Å². The van der Waals surface area contributed by atoms with Gasteiger partial charge in [0.1, 0.15) is 0 Å². The molecule has 1 amide bonds. The summed E-state index contributed by atoms with van der Waals surface area (Å²) in [5, 5.41) is 0. The minimum absolute atomic E-state index is 0. The first-order valence-corrected chi connectivity index (χ1v) is 6.55. The van der Waals surface area contributed by atoms with Gasteiger partial charge in [-0.05, 0) is 59.7 Å². The van der Waals surface area contributed by atoms with Crippen molar-refractivity contribution in [3.05, 3.63) is 33.4 Å². The van der Waals surface area contributed by atoms with Crippen LogP contribution in [0.5, 0.6) is 0 Å². The third-order valence-electron chi connectivity index (χ3n) is 2.84. The molecule has 1 unspecified atom stereocenters. The number of nitrogens with zero attached hydrogens (tertiary/aromatic N) is 1. The van der Waals surface area contributed by atoms with Gasteiger partial charge in [-0.25, -0.2) is 0 Å². The summed E-state index contributed by atoms with van der Waals surface area (Å²) in [6.45, 7) is 1.52. The molecule has 1 aliphatic rings. The maximum absolute atomic E-state index is 12.1. The molecule has 3 nitrogen and oxygen atoms in total. The molecule has 0 spiro atoms. The number of piperidine rings is 1. The van der Waals surface area contributed by atoms with E-state index in [0.29, 0.717) is 6.54 Å². The van der Waals surface area contributed by atoms with Crippen molar-refractivity contribution in [2.45, 2.75) is 18.9 Å². The zero-order chi connectivity index (χ0) is 11.5. The monoisotopic (exact) mass is 366 g/mol. The van der Waals surface area contributed by atoms with E-state index in [1.165, 1.54) is 0 Å². The second-order valence-corrected chi connectivity index (χ2v) is 5.41. The Balaban J connectivity index is 0.00000144. The standard InChI is InChI=1S/C12H15IN2O.ClH/c13-10-5-3-9(4-6-10)12(16)15-7-1-2-11(14)8-15;/h3-6,11H,1-2,7-8,14H2;1H. The average Bonchev–Trinajstić information content (AvgIpc) is 2.29. The fourth-order valence-electron chi connectivity index (χ4n) is 1.97. The topological polar surface area (TPSA) is 46.3 Å². The van der Waals surface area contributed by atoms with Crippen LogP contribution in [0.1, 0.15) is 23.2 Å². The predicted molar refractivity (Wildman–Crippen MR) is 79.5 cm³/mol. The zero-order valence-electron chi connectivity index (χ0n) is 9.43. The lowest BCUT2D eigenvalue weighted by Crippen LogP contribution is -2.45.